The molecule has 144 valence electrons. The number of rotatable bonds is 7. The van der Waals surface area contributed by atoms with Crippen LogP contribution in [0.1, 0.15) is 46.2 Å². The van der Waals surface area contributed by atoms with Crippen LogP contribution >= 0.6 is 0 Å². The fourth-order valence-electron chi connectivity index (χ4n) is 3.73. The fraction of sp³-hybridized carbons (Fsp3) is 0.292. The van der Waals surface area contributed by atoms with Crippen LogP contribution in [0.5, 0.6) is 0 Å². The molecule has 0 spiro atoms. The Morgan fingerprint density at radius 1 is 0.857 bits per heavy atom. The molecule has 0 radical (unpaired) electrons. The standard InChI is InChI=1S/C24H27N3O/c1-17-13-18(2)15-21(14-17)23(19-5-7-22(8-6-19)27(3)4)16-24(26-28)20-9-11-25-12-10-20/h5-15,23-24H,16H2,1-4H3. The minimum atomic E-state index is -0.414. The van der Waals surface area contributed by atoms with E-state index in [1.165, 1.54) is 22.3 Å². The van der Waals surface area contributed by atoms with Crippen molar-refractivity contribution < 1.29 is 0 Å². The topological polar surface area (TPSA) is 45.6 Å². The molecule has 1 heterocycles. The first-order valence-electron chi connectivity index (χ1n) is 9.56. The van der Waals surface area contributed by atoms with Crippen LogP contribution in [0.15, 0.2) is 72.2 Å². The van der Waals surface area contributed by atoms with Gasteiger partial charge in [-0.15, -0.1) is 0 Å². The third-order valence-corrected chi connectivity index (χ3v) is 5.14. The number of aromatic nitrogens is 1. The number of nitrogens with zero attached hydrogens (tertiary/aromatic N) is 3. The van der Waals surface area contributed by atoms with Crippen molar-refractivity contribution in [3.63, 3.8) is 0 Å². The van der Waals surface area contributed by atoms with Gasteiger partial charge in [-0.05, 0) is 61.2 Å². The predicted molar refractivity (Wildman–Crippen MR) is 116 cm³/mol. The normalized spacial score (nSPS) is 13.0. The molecular weight excluding hydrogens is 346 g/mol. The number of hydrogen-bond acceptors (Lipinski definition) is 4. The number of benzene rings is 2. The summed E-state index contributed by atoms with van der Waals surface area (Å²) in [5.74, 6) is 0.0886. The number of hydrogen-bond donors (Lipinski definition) is 0. The van der Waals surface area contributed by atoms with Crippen molar-refractivity contribution >= 4 is 5.69 Å². The molecule has 0 aliphatic carbocycles. The van der Waals surface area contributed by atoms with Crippen molar-refractivity contribution in [2.75, 3.05) is 19.0 Å². The summed E-state index contributed by atoms with van der Waals surface area (Å²) in [7, 11) is 4.07. The lowest BCUT2D eigenvalue weighted by Gasteiger charge is -2.23. The van der Waals surface area contributed by atoms with Gasteiger partial charge < -0.3 is 4.90 Å². The van der Waals surface area contributed by atoms with E-state index in [2.05, 4.69) is 71.4 Å². The van der Waals surface area contributed by atoms with E-state index in [0.717, 1.165) is 11.3 Å². The maximum absolute atomic E-state index is 11.7. The Bertz CT molecular complexity index is 900. The highest BCUT2D eigenvalue weighted by molar-refractivity contribution is 5.48. The molecule has 0 N–H and O–H groups in total. The molecule has 1 aromatic heterocycles. The molecule has 0 amide bonds. The molecule has 2 unspecified atom stereocenters. The second kappa shape index (κ2) is 8.79. The van der Waals surface area contributed by atoms with Crippen LogP contribution in [0.2, 0.25) is 0 Å². The molecule has 0 aliphatic heterocycles. The monoisotopic (exact) mass is 373 g/mol. The zero-order valence-corrected chi connectivity index (χ0v) is 17.0. The maximum Gasteiger partial charge on any atom is 0.118 e. The lowest BCUT2D eigenvalue weighted by Crippen LogP contribution is -2.10. The smallest absolute Gasteiger partial charge is 0.118 e. The Balaban J connectivity index is 2.02. The van der Waals surface area contributed by atoms with E-state index in [0.29, 0.717) is 6.42 Å². The van der Waals surface area contributed by atoms with Gasteiger partial charge in [-0.1, -0.05) is 46.6 Å². The van der Waals surface area contributed by atoms with Crippen molar-refractivity contribution in [3.8, 4) is 0 Å². The average molecular weight is 374 g/mol. The second-order valence-electron chi connectivity index (χ2n) is 7.60. The molecule has 4 heteroatoms. The number of aryl methyl sites for hydroxylation is 2. The number of anilines is 1. The summed E-state index contributed by atoms with van der Waals surface area (Å²) in [6, 6.07) is 18.5. The van der Waals surface area contributed by atoms with Gasteiger partial charge >= 0.3 is 0 Å². The second-order valence-corrected chi connectivity index (χ2v) is 7.60. The Kier molecular flexibility index (Phi) is 6.19. The van der Waals surface area contributed by atoms with Gasteiger partial charge in [0.15, 0.2) is 0 Å². The summed E-state index contributed by atoms with van der Waals surface area (Å²) in [6.07, 6.45) is 4.05. The zero-order chi connectivity index (χ0) is 20.1. The molecule has 28 heavy (non-hydrogen) atoms. The van der Waals surface area contributed by atoms with Crippen LogP contribution in [-0.2, 0) is 0 Å². The van der Waals surface area contributed by atoms with Crippen molar-refractivity contribution in [1.82, 2.24) is 4.98 Å². The van der Waals surface area contributed by atoms with Gasteiger partial charge in [0.1, 0.15) is 6.04 Å². The highest BCUT2D eigenvalue weighted by atomic mass is 16.3. The van der Waals surface area contributed by atoms with Gasteiger partial charge in [0, 0.05) is 38.1 Å². The van der Waals surface area contributed by atoms with E-state index in [9.17, 15) is 4.91 Å². The summed E-state index contributed by atoms with van der Waals surface area (Å²) in [5.41, 5.74) is 6.93. The SMILES string of the molecule is Cc1cc(C)cc(C(CC(N=O)c2ccncc2)c2ccc(N(C)C)cc2)c1. The van der Waals surface area contributed by atoms with Crippen LogP contribution in [-0.4, -0.2) is 19.1 Å². The Morgan fingerprint density at radius 2 is 1.46 bits per heavy atom. The Hall–Kier alpha value is -3.01. The molecule has 3 rings (SSSR count). The van der Waals surface area contributed by atoms with Gasteiger partial charge in [-0.3, -0.25) is 4.98 Å². The van der Waals surface area contributed by atoms with Gasteiger partial charge in [-0.2, -0.15) is 4.91 Å². The molecule has 0 aliphatic rings. The molecule has 2 aromatic carbocycles. The minimum absolute atomic E-state index is 0.0886. The summed E-state index contributed by atoms with van der Waals surface area (Å²) in [6.45, 7) is 4.22. The molecule has 2 atom stereocenters. The average Bonchev–Trinajstić information content (AvgIpc) is 2.69. The van der Waals surface area contributed by atoms with Crippen molar-refractivity contribution in [2.45, 2.75) is 32.2 Å². The van der Waals surface area contributed by atoms with Gasteiger partial charge in [-0.25, -0.2) is 0 Å². The third-order valence-electron chi connectivity index (χ3n) is 5.14. The first-order chi connectivity index (χ1) is 13.5. The lowest BCUT2D eigenvalue weighted by atomic mass is 9.83. The molecule has 0 bridgehead atoms. The molecule has 4 nitrogen and oxygen atoms in total. The van der Waals surface area contributed by atoms with E-state index in [1.54, 1.807) is 12.4 Å². The molecule has 0 fully saturated rings. The van der Waals surface area contributed by atoms with Gasteiger partial charge in [0.25, 0.3) is 0 Å². The maximum atomic E-state index is 11.7. The minimum Gasteiger partial charge on any atom is -0.378 e. The van der Waals surface area contributed by atoms with Gasteiger partial charge in [0.05, 0.1) is 0 Å². The van der Waals surface area contributed by atoms with Crippen LogP contribution in [0.3, 0.4) is 0 Å². The fourth-order valence-corrected chi connectivity index (χ4v) is 3.73. The molecule has 3 aromatic rings. The van der Waals surface area contributed by atoms with Crippen LogP contribution in [0, 0.1) is 18.8 Å². The summed E-state index contributed by atoms with van der Waals surface area (Å²) < 4.78 is 0. The third kappa shape index (κ3) is 4.63. The highest BCUT2D eigenvalue weighted by Gasteiger charge is 2.22. The van der Waals surface area contributed by atoms with E-state index in [4.69, 9.17) is 0 Å². The largest absolute Gasteiger partial charge is 0.378 e. The highest BCUT2D eigenvalue weighted by Crippen LogP contribution is 2.37. The van der Waals surface area contributed by atoms with Crippen molar-refractivity contribution in [2.24, 2.45) is 5.18 Å². The Labute approximate surface area is 167 Å². The molecular formula is C24H27N3O. The zero-order valence-electron chi connectivity index (χ0n) is 17.0. The van der Waals surface area contributed by atoms with E-state index in [-0.39, 0.29) is 5.92 Å². The first kappa shape index (κ1) is 19.7. The first-order valence-corrected chi connectivity index (χ1v) is 9.56. The molecule has 0 saturated heterocycles. The van der Waals surface area contributed by atoms with Crippen LogP contribution < -0.4 is 4.90 Å². The molecule has 0 saturated carbocycles. The van der Waals surface area contributed by atoms with E-state index in [1.807, 2.05) is 26.2 Å². The van der Waals surface area contributed by atoms with E-state index >= 15 is 0 Å². The summed E-state index contributed by atoms with van der Waals surface area (Å²) in [5, 5.41) is 3.45. The number of nitroso groups, excluding NO2 is 1. The quantitative estimate of drug-likeness (QED) is 0.492. The van der Waals surface area contributed by atoms with Crippen molar-refractivity contribution in [1.29, 1.82) is 0 Å². The van der Waals surface area contributed by atoms with Crippen LogP contribution in [0.4, 0.5) is 5.69 Å². The lowest BCUT2D eigenvalue weighted by molar-refractivity contribution is 0.593. The predicted octanol–water partition coefficient (Wildman–Crippen LogP) is 5.79. The Morgan fingerprint density at radius 3 is 2.00 bits per heavy atom. The van der Waals surface area contributed by atoms with Crippen molar-refractivity contribution in [3.05, 3.63) is 99.7 Å². The number of pyridine rings is 1. The van der Waals surface area contributed by atoms with Gasteiger partial charge in [0.2, 0.25) is 0 Å². The van der Waals surface area contributed by atoms with E-state index < -0.39 is 6.04 Å². The van der Waals surface area contributed by atoms with Crippen LogP contribution in [0.25, 0.3) is 0 Å². The summed E-state index contributed by atoms with van der Waals surface area (Å²) >= 11 is 0. The summed E-state index contributed by atoms with van der Waals surface area (Å²) in [4.78, 5) is 17.8.